The Kier molecular flexibility index (Phi) is 9.27. The molecule has 1 saturated heterocycles. The van der Waals surface area contributed by atoms with Crippen molar-refractivity contribution in [2.75, 3.05) is 43.1 Å². The molecule has 1 fully saturated rings. The molecule has 0 spiro atoms. The molecule has 1 aliphatic rings. The molecule has 0 aliphatic carbocycles. The topological polar surface area (TPSA) is 76.1 Å². The number of halogens is 1. The smallest absolute Gasteiger partial charge is 0.229 e. The first-order valence-electron chi connectivity index (χ1n) is 12.6. The maximum atomic E-state index is 6.10. The number of morpholine rings is 1. The van der Waals surface area contributed by atoms with Crippen LogP contribution in [0, 0.1) is 0 Å². The lowest BCUT2D eigenvalue weighted by atomic mass is 10.1. The fourth-order valence-electron chi connectivity index (χ4n) is 4.20. The second-order valence-electron chi connectivity index (χ2n) is 8.78. The Morgan fingerprint density at radius 3 is 2.47 bits per heavy atom. The fraction of sp³-hybridized carbons (Fsp3) is 0.538. The molecule has 34 heavy (non-hydrogen) atoms. The summed E-state index contributed by atoms with van der Waals surface area (Å²) < 4.78 is 5.50. The Labute approximate surface area is 207 Å². The molecule has 182 valence electrons. The van der Waals surface area contributed by atoms with Gasteiger partial charge in [0.05, 0.1) is 18.7 Å². The van der Waals surface area contributed by atoms with E-state index in [4.69, 9.17) is 31.3 Å². The lowest BCUT2D eigenvalue weighted by molar-refractivity contribution is 0.122. The highest BCUT2D eigenvalue weighted by molar-refractivity contribution is 6.31. The van der Waals surface area contributed by atoms with Crippen LogP contribution in [0.3, 0.4) is 0 Å². The van der Waals surface area contributed by atoms with E-state index in [1.807, 2.05) is 30.5 Å². The minimum atomic E-state index is 0.709. The zero-order chi connectivity index (χ0) is 23.6. The second kappa shape index (κ2) is 12.8. The van der Waals surface area contributed by atoms with Gasteiger partial charge < -0.3 is 15.0 Å². The lowest BCUT2D eigenvalue weighted by Crippen LogP contribution is -2.37. The number of rotatable bonds is 12. The molecule has 1 aromatic carbocycles. The standard InChI is InChI=1S/C26H35ClN6O/c1-2-3-5-8-24-30-25(32-26(31-24)33-15-17-34-18-16-33)9-6-4-7-13-28-22-12-14-29-23-19-20(27)10-11-21(22)23/h10-12,14,19H,2-9,13,15-18H2,1H3,(H,28,29). The van der Waals surface area contributed by atoms with Crippen LogP contribution in [0.5, 0.6) is 0 Å². The molecular formula is C26H35ClN6O. The summed E-state index contributed by atoms with van der Waals surface area (Å²) in [5.41, 5.74) is 2.02. The van der Waals surface area contributed by atoms with Gasteiger partial charge in [0.2, 0.25) is 5.95 Å². The van der Waals surface area contributed by atoms with E-state index in [2.05, 4.69) is 22.1 Å². The number of anilines is 2. The molecule has 8 heteroatoms. The maximum Gasteiger partial charge on any atom is 0.229 e. The van der Waals surface area contributed by atoms with Gasteiger partial charge in [-0.05, 0) is 43.5 Å². The number of nitrogens with one attached hydrogen (secondary N) is 1. The van der Waals surface area contributed by atoms with Crippen LogP contribution in [0.2, 0.25) is 5.02 Å². The highest BCUT2D eigenvalue weighted by Crippen LogP contribution is 2.24. The van der Waals surface area contributed by atoms with Gasteiger partial charge in [-0.2, -0.15) is 9.97 Å². The van der Waals surface area contributed by atoms with E-state index >= 15 is 0 Å². The first-order valence-corrected chi connectivity index (χ1v) is 13.0. The van der Waals surface area contributed by atoms with Gasteiger partial charge in [-0.15, -0.1) is 0 Å². The van der Waals surface area contributed by atoms with E-state index in [9.17, 15) is 0 Å². The average Bonchev–Trinajstić information content (AvgIpc) is 2.86. The van der Waals surface area contributed by atoms with Crippen LogP contribution in [-0.4, -0.2) is 52.8 Å². The van der Waals surface area contributed by atoms with Crippen molar-refractivity contribution in [3.05, 3.63) is 47.1 Å². The Morgan fingerprint density at radius 2 is 1.71 bits per heavy atom. The summed E-state index contributed by atoms with van der Waals surface area (Å²) in [7, 11) is 0. The van der Waals surface area contributed by atoms with Gasteiger partial charge >= 0.3 is 0 Å². The number of aromatic nitrogens is 4. The predicted octanol–water partition coefficient (Wildman–Crippen LogP) is 5.47. The zero-order valence-electron chi connectivity index (χ0n) is 20.1. The SMILES string of the molecule is CCCCCc1nc(CCCCCNc2ccnc3cc(Cl)ccc23)nc(N2CCOCC2)n1. The largest absolute Gasteiger partial charge is 0.384 e. The number of aryl methyl sites for hydroxylation is 2. The summed E-state index contributed by atoms with van der Waals surface area (Å²) in [6, 6.07) is 7.86. The summed E-state index contributed by atoms with van der Waals surface area (Å²) >= 11 is 6.10. The molecule has 0 amide bonds. The van der Waals surface area contributed by atoms with Gasteiger partial charge in [0.15, 0.2) is 0 Å². The quantitative estimate of drug-likeness (QED) is 0.343. The third-order valence-corrected chi connectivity index (χ3v) is 6.35. The number of unbranched alkanes of at least 4 members (excludes halogenated alkanes) is 4. The molecule has 2 aromatic heterocycles. The van der Waals surface area contributed by atoms with Gasteiger partial charge in [-0.1, -0.05) is 37.8 Å². The Hall–Kier alpha value is -2.51. The van der Waals surface area contributed by atoms with E-state index in [0.29, 0.717) is 5.02 Å². The summed E-state index contributed by atoms with van der Waals surface area (Å²) in [5.74, 6) is 2.69. The summed E-state index contributed by atoms with van der Waals surface area (Å²) in [6.07, 6.45) is 10.4. The number of nitrogens with zero attached hydrogens (tertiary/aromatic N) is 5. The molecule has 1 N–H and O–H groups in total. The molecule has 0 bridgehead atoms. The van der Waals surface area contributed by atoms with Crippen molar-refractivity contribution >= 4 is 34.1 Å². The first kappa shape index (κ1) is 24.6. The molecule has 0 unspecified atom stereocenters. The van der Waals surface area contributed by atoms with Gasteiger partial charge in [-0.3, -0.25) is 4.98 Å². The van der Waals surface area contributed by atoms with Crippen LogP contribution >= 0.6 is 11.6 Å². The molecule has 1 aliphatic heterocycles. The van der Waals surface area contributed by atoms with E-state index < -0.39 is 0 Å². The number of fused-ring (bicyclic) bond motifs is 1. The van der Waals surface area contributed by atoms with Crippen LogP contribution in [0.15, 0.2) is 30.5 Å². The molecule has 3 heterocycles. The van der Waals surface area contributed by atoms with E-state index in [1.54, 1.807) is 0 Å². The molecule has 4 rings (SSSR count). The number of ether oxygens (including phenoxy) is 1. The van der Waals surface area contributed by atoms with Crippen LogP contribution in [0.4, 0.5) is 11.6 Å². The van der Waals surface area contributed by atoms with Gasteiger partial charge in [0.1, 0.15) is 11.6 Å². The zero-order valence-corrected chi connectivity index (χ0v) is 20.9. The summed E-state index contributed by atoms with van der Waals surface area (Å²) in [4.78, 5) is 21.0. The lowest BCUT2D eigenvalue weighted by Gasteiger charge is -2.27. The average molecular weight is 483 g/mol. The summed E-state index contributed by atoms with van der Waals surface area (Å²) in [6.45, 7) is 6.30. The van der Waals surface area contributed by atoms with Crippen LogP contribution in [-0.2, 0) is 17.6 Å². The van der Waals surface area contributed by atoms with Gasteiger partial charge in [0, 0.05) is 54.8 Å². The summed E-state index contributed by atoms with van der Waals surface area (Å²) in [5, 5.41) is 5.36. The Bertz CT molecular complexity index is 1060. The van der Waals surface area contributed by atoms with Gasteiger partial charge in [-0.25, -0.2) is 4.98 Å². The van der Waals surface area contributed by atoms with Crippen molar-refractivity contribution in [1.29, 1.82) is 0 Å². The molecule has 0 atom stereocenters. The van der Waals surface area contributed by atoms with Crippen LogP contribution in [0.1, 0.15) is 57.1 Å². The van der Waals surface area contributed by atoms with Crippen molar-refractivity contribution in [3.63, 3.8) is 0 Å². The van der Waals surface area contributed by atoms with E-state index in [1.165, 1.54) is 12.8 Å². The Morgan fingerprint density at radius 1 is 0.941 bits per heavy atom. The highest BCUT2D eigenvalue weighted by Gasteiger charge is 2.16. The van der Waals surface area contributed by atoms with Crippen molar-refractivity contribution in [2.45, 2.75) is 58.3 Å². The van der Waals surface area contributed by atoms with E-state index in [-0.39, 0.29) is 0 Å². The number of benzene rings is 1. The number of hydrogen-bond acceptors (Lipinski definition) is 7. The van der Waals surface area contributed by atoms with Crippen LogP contribution in [0.25, 0.3) is 10.9 Å². The number of hydrogen-bond donors (Lipinski definition) is 1. The third kappa shape index (κ3) is 7.00. The molecule has 0 radical (unpaired) electrons. The first-order chi connectivity index (χ1) is 16.7. The molecule has 3 aromatic rings. The van der Waals surface area contributed by atoms with E-state index in [0.717, 1.165) is 106 Å². The monoisotopic (exact) mass is 482 g/mol. The van der Waals surface area contributed by atoms with Crippen molar-refractivity contribution in [2.24, 2.45) is 0 Å². The highest BCUT2D eigenvalue weighted by atomic mass is 35.5. The maximum absolute atomic E-state index is 6.10. The fourth-order valence-corrected chi connectivity index (χ4v) is 4.37. The Balaban J connectivity index is 1.28. The minimum absolute atomic E-state index is 0.709. The minimum Gasteiger partial charge on any atom is -0.384 e. The van der Waals surface area contributed by atoms with Crippen molar-refractivity contribution in [3.8, 4) is 0 Å². The second-order valence-corrected chi connectivity index (χ2v) is 9.22. The molecule has 7 nitrogen and oxygen atoms in total. The normalized spacial score (nSPS) is 14.0. The van der Waals surface area contributed by atoms with Crippen molar-refractivity contribution in [1.82, 2.24) is 19.9 Å². The van der Waals surface area contributed by atoms with Crippen molar-refractivity contribution < 1.29 is 4.74 Å². The molecule has 0 saturated carbocycles. The molecular weight excluding hydrogens is 448 g/mol. The third-order valence-electron chi connectivity index (χ3n) is 6.11. The van der Waals surface area contributed by atoms with Gasteiger partial charge in [0.25, 0.3) is 0 Å². The predicted molar refractivity (Wildman–Crippen MR) is 139 cm³/mol. The number of pyridine rings is 1. The van der Waals surface area contributed by atoms with Crippen LogP contribution < -0.4 is 10.2 Å².